The van der Waals surface area contributed by atoms with E-state index in [1.165, 1.54) is 34.3 Å². The Hall–Kier alpha value is -1.56. The predicted molar refractivity (Wildman–Crippen MR) is 173 cm³/mol. The van der Waals surface area contributed by atoms with Gasteiger partial charge in [-0.05, 0) is 46.5 Å². The summed E-state index contributed by atoms with van der Waals surface area (Å²) in [5.41, 5.74) is -1.67. The average Bonchev–Trinajstić information content (AvgIpc) is 3.82. The maximum Gasteiger partial charge on any atom is 0.330 e. The molecule has 0 aromatic heterocycles. The molecule has 0 radical (unpaired) electrons. The highest BCUT2D eigenvalue weighted by atomic mass is 16.7. The molecule has 4 aliphatic heterocycles. The first kappa shape index (κ1) is 40.2. The maximum atomic E-state index is 13.4. The van der Waals surface area contributed by atoms with Gasteiger partial charge in [-0.3, -0.25) is 4.79 Å². The third kappa shape index (κ3) is 9.86. The van der Waals surface area contributed by atoms with Gasteiger partial charge in [0.25, 0.3) is 0 Å². The lowest BCUT2D eigenvalue weighted by Gasteiger charge is -2.42. The normalized spacial score (nSPS) is 48.0. The van der Waals surface area contributed by atoms with Crippen LogP contribution >= 0.6 is 0 Å². The second kappa shape index (κ2) is 17.3. The second-order valence-corrected chi connectivity index (χ2v) is 14.4. The van der Waals surface area contributed by atoms with E-state index in [0.717, 1.165) is 0 Å². The van der Waals surface area contributed by atoms with Gasteiger partial charge in [0.2, 0.25) is 0 Å². The topological polar surface area (TPSA) is 181 Å². The number of Topliss-reactive ketones (excluding diaryl/α,β-unsaturated/α-hetero) is 1. The van der Waals surface area contributed by atoms with Crippen LogP contribution in [0.5, 0.6) is 0 Å². The van der Waals surface area contributed by atoms with E-state index in [1.54, 1.807) is 19.9 Å². The number of ether oxygens (including phenoxy) is 9. The van der Waals surface area contributed by atoms with E-state index in [-0.39, 0.29) is 49.5 Å². The first-order valence-corrected chi connectivity index (χ1v) is 17.4. The highest BCUT2D eigenvalue weighted by Crippen LogP contribution is 2.38. The largest absolute Gasteiger partial charge is 0.459 e. The molecule has 0 spiro atoms. The van der Waals surface area contributed by atoms with Gasteiger partial charge in [0.05, 0.1) is 43.2 Å². The van der Waals surface area contributed by atoms with Gasteiger partial charge >= 0.3 is 5.97 Å². The zero-order chi connectivity index (χ0) is 36.2. The Morgan fingerprint density at radius 1 is 0.878 bits per heavy atom. The molecular weight excluding hydrogens is 644 g/mol. The summed E-state index contributed by atoms with van der Waals surface area (Å²) in [7, 11) is 4.48. The molecule has 4 rings (SSSR count). The lowest BCUT2D eigenvalue weighted by atomic mass is 9.81. The molecule has 3 saturated heterocycles. The van der Waals surface area contributed by atoms with Crippen molar-refractivity contribution < 1.29 is 67.5 Å². The SMILES string of the molecule is CO[C@@H]1[C@H](O)[C@@H](C)O[C@@H](OCC2C(C)OC(=O)/C=C/C(C)C(O[C@@H]3O[C@H](C)C[C@H](OC)[C@H]3O)C(C)CC(C)(O)C(=O)CCC3OC32)[C@@H]1OC. The molecule has 8 unspecified atom stereocenters. The van der Waals surface area contributed by atoms with Crippen molar-refractivity contribution in [3.05, 3.63) is 12.2 Å². The summed E-state index contributed by atoms with van der Waals surface area (Å²) in [6.07, 6.45) is -4.62. The number of carbonyl (C=O) groups excluding carboxylic acids is 2. The molecule has 17 atom stereocenters. The van der Waals surface area contributed by atoms with Crippen molar-refractivity contribution in [1.82, 2.24) is 0 Å². The molecule has 4 heterocycles. The molecule has 0 aromatic carbocycles. The minimum atomic E-state index is -1.67. The summed E-state index contributed by atoms with van der Waals surface area (Å²) in [5.74, 6) is -2.15. The van der Waals surface area contributed by atoms with Crippen LogP contribution in [0.2, 0.25) is 0 Å². The van der Waals surface area contributed by atoms with E-state index in [0.29, 0.717) is 12.8 Å². The number of fused-ring (bicyclic) bond motifs is 1. The van der Waals surface area contributed by atoms with Crippen LogP contribution in [0.15, 0.2) is 12.2 Å². The van der Waals surface area contributed by atoms with Gasteiger partial charge in [-0.2, -0.15) is 0 Å². The molecular formula is C35H58O14. The van der Waals surface area contributed by atoms with Crippen molar-refractivity contribution in [2.24, 2.45) is 17.8 Å². The number of aliphatic hydroxyl groups excluding tert-OH is 2. The average molecular weight is 703 g/mol. The molecule has 0 aliphatic carbocycles. The summed E-state index contributed by atoms with van der Waals surface area (Å²) in [4.78, 5) is 26.6. The van der Waals surface area contributed by atoms with Crippen molar-refractivity contribution in [3.63, 3.8) is 0 Å². The monoisotopic (exact) mass is 702 g/mol. The van der Waals surface area contributed by atoms with Gasteiger partial charge < -0.3 is 58.0 Å². The number of rotatable bonds is 8. The van der Waals surface area contributed by atoms with E-state index >= 15 is 0 Å². The fourth-order valence-corrected chi connectivity index (χ4v) is 7.44. The molecule has 14 nitrogen and oxygen atoms in total. The lowest BCUT2D eigenvalue weighted by molar-refractivity contribution is -0.305. The van der Waals surface area contributed by atoms with Crippen LogP contribution in [-0.2, 0) is 52.2 Å². The number of esters is 1. The van der Waals surface area contributed by atoms with E-state index in [4.69, 9.17) is 42.6 Å². The van der Waals surface area contributed by atoms with Crippen molar-refractivity contribution in [2.45, 2.75) is 153 Å². The highest BCUT2D eigenvalue weighted by molar-refractivity contribution is 5.86. The van der Waals surface area contributed by atoms with Crippen molar-refractivity contribution >= 4 is 11.8 Å². The van der Waals surface area contributed by atoms with E-state index in [9.17, 15) is 24.9 Å². The van der Waals surface area contributed by atoms with Crippen LogP contribution in [0.4, 0.5) is 0 Å². The third-order valence-corrected chi connectivity index (χ3v) is 10.5. The van der Waals surface area contributed by atoms with Crippen molar-refractivity contribution in [2.75, 3.05) is 27.9 Å². The van der Waals surface area contributed by atoms with E-state index in [1.807, 2.05) is 20.8 Å². The van der Waals surface area contributed by atoms with E-state index < -0.39 is 84.8 Å². The fraction of sp³-hybridized carbons (Fsp3) is 0.886. The second-order valence-electron chi connectivity index (χ2n) is 14.4. The van der Waals surface area contributed by atoms with Gasteiger partial charge in [-0.1, -0.05) is 19.9 Å². The number of methoxy groups -OCH3 is 3. The summed E-state index contributed by atoms with van der Waals surface area (Å²) < 4.78 is 52.8. The Balaban J connectivity index is 1.54. The number of carbonyl (C=O) groups is 2. The number of hydrogen-bond acceptors (Lipinski definition) is 14. The lowest BCUT2D eigenvalue weighted by Crippen LogP contribution is -2.59. The van der Waals surface area contributed by atoms with Crippen molar-refractivity contribution in [1.29, 1.82) is 0 Å². The summed E-state index contributed by atoms with van der Waals surface area (Å²) in [6.45, 7) is 10.6. The van der Waals surface area contributed by atoms with Crippen LogP contribution in [0.3, 0.4) is 0 Å². The number of aliphatic hydroxyl groups is 3. The standard InChI is InChI=1S/C35H58O14/c1-17-10-13-26(37)46-20(4)22(16-44-34-32(43-9)31(42-8)27(38)21(5)47-34)30-23(48-30)11-12-25(36)35(6,40)15-18(2)29(17)49-33-28(39)24(41-7)14-19(3)45-33/h10,13,17-24,27-34,38-40H,11-12,14-16H2,1-9H3/b13-10+/t17?,18?,19-,20?,21-,22?,23?,24+,27-,28-,29?,30?,31-,32-,33+,34-,35?/m1/s1. The number of epoxide rings is 1. The molecule has 0 saturated carbocycles. The Morgan fingerprint density at radius 3 is 2.22 bits per heavy atom. The van der Waals surface area contributed by atoms with Gasteiger partial charge in [-0.15, -0.1) is 0 Å². The Labute approximate surface area is 289 Å². The number of ketones is 1. The van der Waals surface area contributed by atoms with Crippen LogP contribution in [0, 0.1) is 17.8 Å². The van der Waals surface area contributed by atoms with Crippen LogP contribution in [0.1, 0.15) is 67.2 Å². The van der Waals surface area contributed by atoms with E-state index in [2.05, 4.69) is 0 Å². The Kier molecular flexibility index (Phi) is 14.2. The molecule has 3 fully saturated rings. The molecule has 0 bridgehead atoms. The quantitative estimate of drug-likeness (QED) is 0.246. The predicted octanol–water partition coefficient (Wildman–Crippen LogP) is 1.68. The third-order valence-electron chi connectivity index (χ3n) is 10.5. The first-order chi connectivity index (χ1) is 23.1. The summed E-state index contributed by atoms with van der Waals surface area (Å²) >= 11 is 0. The minimum Gasteiger partial charge on any atom is -0.459 e. The summed E-state index contributed by atoms with van der Waals surface area (Å²) in [5, 5.41) is 32.9. The van der Waals surface area contributed by atoms with Crippen LogP contribution < -0.4 is 0 Å². The highest BCUT2D eigenvalue weighted by Gasteiger charge is 2.51. The molecule has 282 valence electrons. The number of cyclic esters (lactones) is 1. The minimum absolute atomic E-state index is 0.0587. The van der Waals surface area contributed by atoms with Crippen LogP contribution in [-0.4, -0.2) is 140 Å². The maximum absolute atomic E-state index is 13.4. The van der Waals surface area contributed by atoms with Gasteiger partial charge in [0.1, 0.15) is 36.1 Å². The van der Waals surface area contributed by atoms with Crippen molar-refractivity contribution in [3.8, 4) is 0 Å². The molecule has 49 heavy (non-hydrogen) atoms. The summed E-state index contributed by atoms with van der Waals surface area (Å²) in [6, 6.07) is 0. The van der Waals surface area contributed by atoms with Crippen LogP contribution in [0.25, 0.3) is 0 Å². The van der Waals surface area contributed by atoms with Gasteiger partial charge in [0, 0.05) is 52.1 Å². The van der Waals surface area contributed by atoms with Gasteiger partial charge in [-0.25, -0.2) is 4.79 Å². The first-order valence-electron chi connectivity index (χ1n) is 17.4. The molecule has 4 aliphatic rings. The number of hydrogen-bond donors (Lipinski definition) is 3. The zero-order valence-corrected chi connectivity index (χ0v) is 30.3. The zero-order valence-electron chi connectivity index (χ0n) is 30.3. The smallest absolute Gasteiger partial charge is 0.330 e. The Morgan fingerprint density at radius 2 is 1.57 bits per heavy atom. The molecule has 14 heteroatoms. The van der Waals surface area contributed by atoms with Gasteiger partial charge in [0.15, 0.2) is 18.4 Å². The fourth-order valence-electron chi connectivity index (χ4n) is 7.44. The Bertz CT molecular complexity index is 1120. The molecule has 0 amide bonds. The molecule has 0 aromatic rings. The molecule has 3 N–H and O–H groups in total.